The molecule has 2 aromatic carbocycles. The van der Waals surface area contributed by atoms with Gasteiger partial charge in [0, 0.05) is 30.4 Å². The van der Waals surface area contributed by atoms with Crippen LogP contribution < -0.4 is 10.2 Å². The number of nitrogens with one attached hydrogen (secondary N) is 1. The molecule has 132 valence electrons. The molecule has 3 rings (SSSR count). The van der Waals surface area contributed by atoms with Crippen LogP contribution >= 0.6 is 0 Å². The molecule has 0 aliphatic carbocycles. The standard InChI is InChI=1S/C19H18N4O3/c20-10-9-14-3-6-16(7-4-14)21-19(24)15-5-8-17(18(13-15)23(25)26)22-11-1-2-12-22/h3-8,13H,1-2,9,11-12H2,(H,21,24). The zero-order valence-corrected chi connectivity index (χ0v) is 14.1. The highest BCUT2D eigenvalue weighted by molar-refractivity contribution is 6.05. The van der Waals surface area contributed by atoms with E-state index in [1.54, 1.807) is 36.4 Å². The average molecular weight is 350 g/mol. The third kappa shape index (κ3) is 3.81. The summed E-state index contributed by atoms with van der Waals surface area (Å²) in [6.07, 6.45) is 2.33. The lowest BCUT2D eigenvalue weighted by atomic mass is 10.1. The van der Waals surface area contributed by atoms with E-state index >= 15 is 0 Å². The Kier molecular flexibility index (Phi) is 5.13. The monoisotopic (exact) mass is 350 g/mol. The first-order chi connectivity index (χ1) is 12.6. The molecule has 1 heterocycles. The number of amides is 1. The van der Waals surface area contributed by atoms with Crippen molar-refractivity contribution in [2.75, 3.05) is 23.3 Å². The van der Waals surface area contributed by atoms with Gasteiger partial charge in [-0.2, -0.15) is 5.26 Å². The van der Waals surface area contributed by atoms with Crippen molar-refractivity contribution >= 4 is 23.0 Å². The predicted octanol–water partition coefficient (Wildman–Crippen LogP) is 3.51. The van der Waals surface area contributed by atoms with Gasteiger partial charge in [0.15, 0.2) is 0 Å². The van der Waals surface area contributed by atoms with Crippen molar-refractivity contribution in [1.29, 1.82) is 5.26 Å². The molecule has 7 nitrogen and oxygen atoms in total. The number of hydrogen-bond acceptors (Lipinski definition) is 5. The van der Waals surface area contributed by atoms with Crippen LogP contribution in [0.2, 0.25) is 0 Å². The lowest BCUT2D eigenvalue weighted by Gasteiger charge is -2.17. The third-order valence-corrected chi connectivity index (χ3v) is 4.38. The number of nitro groups is 1. The molecule has 7 heteroatoms. The summed E-state index contributed by atoms with van der Waals surface area (Å²) in [6.45, 7) is 1.59. The maximum absolute atomic E-state index is 12.4. The van der Waals surface area contributed by atoms with Gasteiger partial charge in [-0.3, -0.25) is 14.9 Å². The zero-order valence-electron chi connectivity index (χ0n) is 14.1. The van der Waals surface area contributed by atoms with Crippen molar-refractivity contribution in [2.45, 2.75) is 19.3 Å². The third-order valence-electron chi connectivity index (χ3n) is 4.38. The van der Waals surface area contributed by atoms with Gasteiger partial charge in [0.05, 0.1) is 17.4 Å². The van der Waals surface area contributed by atoms with Crippen molar-refractivity contribution in [2.24, 2.45) is 0 Å². The molecule has 1 aliphatic rings. The fourth-order valence-electron chi connectivity index (χ4n) is 3.04. The summed E-state index contributed by atoms with van der Waals surface area (Å²) in [6, 6.07) is 13.6. The Balaban J connectivity index is 1.79. The summed E-state index contributed by atoms with van der Waals surface area (Å²) in [5, 5.41) is 22.8. The van der Waals surface area contributed by atoms with Crippen LogP contribution in [0.15, 0.2) is 42.5 Å². The molecule has 0 spiro atoms. The van der Waals surface area contributed by atoms with Crippen LogP contribution in [0.25, 0.3) is 0 Å². The zero-order chi connectivity index (χ0) is 18.5. The molecule has 0 aromatic heterocycles. The number of nitriles is 1. The van der Waals surface area contributed by atoms with Gasteiger partial charge in [0.25, 0.3) is 11.6 Å². The van der Waals surface area contributed by atoms with Crippen LogP contribution in [-0.2, 0) is 6.42 Å². The molecule has 0 atom stereocenters. The van der Waals surface area contributed by atoms with E-state index in [2.05, 4.69) is 11.4 Å². The van der Waals surface area contributed by atoms with Crippen LogP contribution in [0.4, 0.5) is 17.1 Å². The minimum absolute atomic E-state index is 0.0519. The molecule has 0 unspecified atom stereocenters. The van der Waals surface area contributed by atoms with Gasteiger partial charge in [-0.1, -0.05) is 12.1 Å². The molecule has 26 heavy (non-hydrogen) atoms. The number of benzene rings is 2. The number of hydrogen-bond donors (Lipinski definition) is 1. The van der Waals surface area contributed by atoms with Gasteiger partial charge < -0.3 is 10.2 Å². The molecular weight excluding hydrogens is 332 g/mol. The van der Waals surface area contributed by atoms with Crippen LogP contribution in [0.5, 0.6) is 0 Å². The lowest BCUT2D eigenvalue weighted by Crippen LogP contribution is -2.19. The molecule has 1 amide bonds. The Labute approximate surface area is 151 Å². The second-order valence-corrected chi connectivity index (χ2v) is 6.14. The maximum Gasteiger partial charge on any atom is 0.293 e. The van der Waals surface area contributed by atoms with Crippen molar-refractivity contribution in [3.05, 3.63) is 63.7 Å². The largest absolute Gasteiger partial charge is 0.366 e. The van der Waals surface area contributed by atoms with Crippen molar-refractivity contribution in [3.8, 4) is 6.07 Å². The van der Waals surface area contributed by atoms with Crippen LogP contribution in [0, 0.1) is 21.4 Å². The fourth-order valence-corrected chi connectivity index (χ4v) is 3.04. The summed E-state index contributed by atoms with van der Waals surface area (Å²) in [7, 11) is 0. The predicted molar refractivity (Wildman–Crippen MR) is 98.3 cm³/mol. The summed E-state index contributed by atoms with van der Waals surface area (Å²) in [4.78, 5) is 25.4. The van der Waals surface area contributed by atoms with Gasteiger partial charge in [-0.15, -0.1) is 0 Å². The molecule has 0 saturated carbocycles. The van der Waals surface area contributed by atoms with Crippen LogP contribution in [-0.4, -0.2) is 23.9 Å². The van der Waals surface area contributed by atoms with Gasteiger partial charge in [-0.25, -0.2) is 0 Å². The second kappa shape index (κ2) is 7.66. The molecular formula is C19H18N4O3. The van der Waals surface area contributed by atoms with Crippen molar-refractivity contribution in [3.63, 3.8) is 0 Å². The Bertz CT molecular complexity index is 865. The number of carbonyl (C=O) groups excluding carboxylic acids is 1. The van der Waals surface area contributed by atoms with E-state index in [-0.39, 0.29) is 11.3 Å². The van der Waals surface area contributed by atoms with Crippen molar-refractivity contribution in [1.82, 2.24) is 0 Å². The maximum atomic E-state index is 12.4. The Morgan fingerprint density at radius 1 is 1.19 bits per heavy atom. The molecule has 0 radical (unpaired) electrons. The fraction of sp³-hybridized carbons (Fsp3) is 0.263. The smallest absolute Gasteiger partial charge is 0.293 e. The summed E-state index contributed by atoms with van der Waals surface area (Å²) >= 11 is 0. The average Bonchev–Trinajstić information content (AvgIpc) is 3.17. The topological polar surface area (TPSA) is 99.3 Å². The Hall–Kier alpha value is -3.40. The van der Waals surface area contributed by atoms with Crippen LogP contribution in [0.3, 0.4) is 0 Å². The number of rotatable bonds is 5. The molecule has 1 aliphatic heterocycles. The number of nitrogens with zero attached hydrogens (tertiary/aromatic N) is 3. The number of anilines is 2. The van der Waals surface area contributed by atoms with Gasteiger partial charge >= 0.3 is 0 Å². The molecule has 1 N–H and O–H groups in total. The molecule has 1 fully saturated rings. The van der Waals surface area contributed by atoms with E-state index in [0.717, 1.165) is 31.5 Å². The van der Waals surface area contributed by atoms with E-state index in [4.69, 9.17) is 5.26 Å². The Morgan fingerprint density at radius 3 is 2.50 bits per heavy atom. The highest BCUT2D eigenvalue weighted by atomic mass is 16.6. The minimum atomic E-state index is -0.443. The van der Waals surface area contributed by atoms with Gasteiger partial charge in [0.2, 0.25) is 0 Å². The summed E-state index contributed by atoms with van der Waals surface area (Å²) in [5.41, 5.74) is 2.17. The van der Waals surface area contributed by atoms with Crippen LogP contribution in [0.1, 0.15) is 28.8 Å². The molecule has 1 saturated heterocycles. The van der Waals surface area contributed by atoms with E-state index in [1.165, 1.54) is 6.07 Å². The minimum Gasteiger partial charge on any atom is -0.366 e. The van der Waals surface area contributed by atoms with E-state index in [9.17, 15) is 14.9 Å². The first kappa shape index (κ1) is 17.4. The van der Waals surface area contributed by atoms with Gasteiger partial charge in [-0.05, 0) is 42.7 Å². The normalized spacial score (nSPS) is 13.3. The second-order valence-electron chi connectivity index (χ2n) is 6.14. The van der Waals surface area contributed by atoms with E-state index in [0.29, 0.717) is 17.8 Å². The summed E-state index contributed by atoms with van der Waals surface area (Å²) < 4.78 is 0. The van der Waals surface area contributed by atoms with E-state index < -0.39 is 10.8 Å². The Morgan fingerprint density at radius 2 is 1.88 bits per heavy atom. The SMILES string of the molecule is N#CCc1ccc(NC(=O)c2ccc(N3CCCC3)c([N+](=O)[O-])c2)cc1. The first-order valence-electron chi connectivity index (χ1n) is 8.39. The molecule has 2 aromatic rings. The highest BCUT2D eigenvalue weighted by Crippen LogP contribution is 2.31. The lowest BCUT2D eigenvalue weighted by molar-refractivity contribution is -0.384. The number of carbonyl (C=O) groups is 1. The summed E-state index contributed by atoms with van der Waals surface area (Å²) in [5.74, 6) is -0.408. The highest BCUT2D eigenvalue weighted by Gasteiger charge is 2.23. The molecule has 0 bridgehead atoms. The van der Waals surface area contributed by atoms with Crippen molar-refractivity contribution < 1.29 is 9.72 Å². The van der Waals surface area contributed by atoms with Gasteiger partial charge in [0.1, 0.15) is 5.69 Å². The van der Waals surface area contributed by atoms with E-state index in [1.807, 2.05) is 4.90 Å². The number of nitro benzene ring substituents is 1. The quantitative estimate of drug-likeness (QED) is 0.657. The first-order valence-corrected chi connectivity index (χ1v) is 8.39.